The van der Waals surface area contributed by atoms with Crippen LogP contribution in [0.3, 0.4) is 0 Å². The Morgan fingerprint density at radius 2 is 1.84 bits per heavy atom. The number of benzene rings is 1. The number of imidazole rings is 1. The van der Waals surface area contributed by atoms with E-state index in [1.807, 2.05) is 47.1 Å². The van der Waals surface area contributed by atoms with Gasteiger partial charge in [0.05, 0.1) is 17.0 Å². The Balaban J connectivity index is 1.39. The van der Waals surface area contributed by atoms with Crippen LogP contribution in [0.25, 0.3) is 17.0 Å². The second-order valence-electron chi connectivity index (χ2n) is 7.05. The molecule has 0 fully saturated rings. The molecule has 1 amide bonds. The van der Waals surface area contributed by atoms with E-state index < -0.39 is 0 Å². The van der Waals surface area contributed by atoms with Crippen molar-refractivity contribution in [1.82, 2.24) is 34.1 Å². The van der Waals surface area contributed by atoms with E-state index in [1.165, 1.54) is 6.33 Å². The predicted octanol–water partition coefficient (Wildman–Crippen LogP) is 2.76. The fourth-order valence-electron chi connectivity index (χ4n) is 3.34. The molecule has 0 saturated carbocycles. The number of fused-ring (bicyclic) bond motifs is 1. The van der Waals surface area contributed by atoms with Crippen molar-refractivity contribution >= 4 is 17.5 Å². The zero-order valence-electron chi connectivity index (χ0n) is 16.7. The van der Waals surface area contributed by atoms with Crippen molar-refractivity contribution in [3.8, 4) is 11.3 Å². The monoisotopic (exact) mass is 410 g/mol. The van der Waals surface area contributed by atoms with Gasteiger partial charge in [0, 0.05) is 50.0 Å². The van der Waals surface area contributed by atoms with Gasteiger partial charge in [0.1, 0.15) is 12.1 Å². The van der Waals surface area contributed by atoms with Crippen molar-refractivity contribution in [2.45, 2.75) is 6.42 Å². The van der Waals surface area contributed by atoms with Gasteiger partial charge in [-0.1, -0.05) is 30.3 Å². The number of anilines is 1. The van der Waals surface area contributed by atoms with Gasteiger partial charge in [-0.2, -0.15) is 10.1 Å². The van der Waals surface area contributed by atoms with E-state index in [4.69, 9.17) is 0 Å². The van der Waals surface area contributed by atoms with Crippen LogP contribution in [0.4, 0.5) is 5.82 Å². The molecule has 1 aromatic carbocycles. The highest BCUT2D eigenvalue weighted by molar-refractivity contribution is 6.04. The van der Waals surface area contributed by atoms with Gasteiger partial charge in [0.15, 0.2) is 0 Å². The van der Waals surface area contributed by atoms with E-state index >= 15 is 0 Å². The van der Waals surface area contributed by atoms with Gasteiger partial charge in [-0.05, 0) is 11.6 Å². The van der Waals surface area contributed by atoms with Crippen LogP contribution in [-0.2, 0) is 13.5 Å². The van der Waals surface area contributed by atoms with Crippen LogP contribution >= 0.6 is 0 Å². The van der Waals surface area contributed by atoms with E-state index in [9.17, 15) is 4.79 Å². The maximum absolute atomic E-state index is 12.9. The van der Waals surface area contributed by atoms with Gasteiger partial charge in [-0.15, -0.1) is 0 Å². The number of carbonyl (C=O) groups excluding carboxylic acids is 1. The summed E-state index contributed by atoms with van der Waals surface area (Å²) in [4.78, 5) is 30.0. The van der Waals surface area contributed by atoms with Crippen molar-refractivity contribution in [2.75, 3.05) is 5.32 Å². The second-order valence-corrected chi connectivity index (χ2v) is 7.05. The summed E-state index contributed by atoms with van der Waals surface area (Å²) in [5.41, 5.74) is 3.81. The summed E-state index contributed by atoms with van der Waals surface area (Å²) in [7, 11) is 1.78. The minimum atomic E-state index is -0.286. The zero-order chi connectivity index (χ0) is 21.2. The van der Waals surface area contributed by atoms with Crippen LogP contribution in [0.15, 0.2) is 73.7 Å². The topological polar surface area (TPSA) is 103 Å². The highest BCUT2D eigenvalue weighted by atomic mass is 16.1. The highest BCUT2D eigenvalue weighted by Gasteiger charge is 2.17. The standard InChI is InChI=1S/C22H18N8O/c1-29-12-17(18(28-29)9-15-10-23-14-24-11-15)21(31)26-20-7-8-30-13-19(25-22(30)27-20)16-5-3-2-4-6-16/h2-8,10-14H,9H2,1H3,(H,25,26,27,31). The molecule has 31 heavy (non-hydrogen) atoms. The van der Waals surface area contributed by atoms with Crippen molar-refractivity contribution in [3.05, 3.63) is 90.5 Å². The maximum Gasteiger partial charge on any atom is 0.260 e. The Morgan fingerprint density at radius 3 is 2.65 bits per heavy atom. The lowest BCUT2D eigenvalue weighted by Crippen LogP contribution is -2.14. The smallest absolute Gasteiger partial charge is 0.260 e. The molecule has 5 aromatic rings. The van der Waals surface area contributed by atoms with Gasteiger partial charge in [-0.3, -0.25) is 13.9 Å². The third-order valence-corrected chi connectivity index (χ3v) is 4.77. The van der Waals surface area contributed by atoms with Crippen molar-refractivity contribution in [3.63, 3.8) is 0 Å². The molecule has 9 nitrogen and oxygen atoms in total. The number of amides is 1. The molecule has 0 bridgehead atoms. The predicted molar refractivity (Wildman–Crippen MR) is 114 cm³/mol. The van der Waals surface area contributed by atoms with Gasteiger partial charge in [-0.25, -0.2) is 15.0 Å². The van der Waals surface area contributed by atoms with Gasteiger partial charge in [0.25, 0.3) is 5.91 Å². The van der Waals surface area contributed by atoms with E-state index in [2.05, 4.69) is 30.4 Å². The molecule has 9 heteroatoms. The Kier molecular flexibility index (Phi) is 4.68. The number of hydrogen-bond donors (Lipinski definition) is 1. The lowest BCUT2D eigenvalue weighted by Gasteiger charge is -2.05. The van der Waals surface area contributed by atoms with E-state index in [0.29, 0.717) is 29.3 Å². The summed E-state index contributed by atoms with van der Waals surface area (Å²) in [6, 6.07) is 11.6. The summed E-state index contributed by atoms with van der Waals surface area (Å²) in [6.07, 6.45) is 10.8. The van der Waals surface area contributed by atoms with Gasteiger partial charge >= 0.3 is 0 Å². The average molecular weight is 410 g/mol. The second kappa shape index (κ2) is 7.79. The minimum absolute atomic E-state index is 0.286. The Hall–Kier alpha value is -4.40. The normalized spacial score (nSPS) is 11.0. The number of nitrogens with zero attached hydrogens (tertiary/aromatic N) is 7. The Morgan fingerprint density at radius 1 is 1.03 bits per heavy atom. The van der Waals surface area contributed by atoms with Crippen LogP contribution in [-0.4, -0.2) is 40.0 Å². The maximum atomic E-state index is 12.9. The van der Waals surface area contributed by atoms with E-state index in [-0.39, 0.29) is 5.91 Å². The lowest BCUT2D eigenvalue weighted by molar-refractivity contribution is 0.102. The quantitative estimate of drug-likeness (QED) is 0.478. The first-order valence-corrected chi connectivity index (χ1v) is 9.64. The summed E-state index contributed by atoms with van der Waals surface area (Å²) in [6.45, 7) is 0. The van der Waals surface area contributed by atoms with Crippen LogP contribution < -0.4 is 5.32 Å². The Labute approximate surface area is 177 Å². The van der Waals surface area contributed by atoms with Gasteiger partial charge < -0.3 is 5.32 Å². The molecule has 4 heterocycles. The van der Waals surface area contributed by atoms with Crippen molar-refractivity contribution in [1.29, 1.82) is 0 Å². The van der Waals surface area contributed by atoms with Crippen LogP contribution in [0, 0.1) is 0 Å². The minimum Gasteiger partial charge on any atom is -0.306 e. The van der Waals surface area contributed by atoms with E-state index in [0.717, 1.165) is 16.8 Å². The van der Waals surface area contributed by atoms with E-state index in [1.54, 1.807) is 36.4 Å². The van der Waals surface area contributed by atoms with Crippen molar-refractivity contribution in [2.24, 2.45) is 7.05 Å². The zero-order valence-corrected chi connectivity index (χ0v) is 16.7. The molecule has 0 spiro atoms. The fourth-order valence-corrected chi connectivity index (χ4v) is 3.34. The average Bonchev–Trinajstić information content (AvgIpc) is 3.38. The Bertz CT molecular complexity index is 1360. The number of rotatable bonds is 5. The van der Waals surface area contributed by atoms with Crippen LogP contribution in [0.1, 0.15) is 21.6 Å². The first-order valence-electron chi connectivity index (χ1n) is 9.64. The van der Waals surface area contributed by atoms with Gasteiger partial charge in [0.2, 0.25) is 5.78 Å². The van der Waals surface area contributed by atoms with Crippen molar-refractivity contribution < 1.29 is 4.79 Å². The molecule has 0 aliphatic heterocycles. The summed E-state index contributed by atoms with van der Waals surface area (Å²) >= 11 is 0. The molecule has 0 radical (unpaired) electrons. The molecule has 0 unspecified atom stereocenters. The molecule has 0 saturated heterocycles. The summed E-state index contributed by atoms with van der Waals surface area (Å²) < 4.78 is 3.44. The molecule has 1 N–H and O–H groups in total. The first-order chi connectivity index (χ1) is 15.2. The SMILES string of the molecule is Cn1cc(C(=O)Nc2ccn3cc(-c4ccccc4)nc3n2)c(Cc2cncnc2)n1. The number of nitrogens with one attached hydrogen (secondary N) is 1. The largest absolute Gasteiger partial charge is 0.306 e. The number of aromatic nitrogens is 7. The molecule has 4 aromatic heterocycles. The molecular formula is C22H18N8O. The molecule has 152 valence electrons. The molecular weight excluding hydrogens is 392 g/mol. The molecule has 0 aliphatic rings. The third-order valence-electron chi connectivity index (χ3n) is 4.77. The molecule has 5 rings (SSSR count). The summed E-state index contributed by atoms with van der Waals surface area (Å²) in [5.74, 6) is 0.636. The first kappa shape index (κ1) is 18.6. The fraction of sp³-hybridized carbons (Fsp3) is 0.0909. The summed E-state index contributed by atoms with van der Waals surface area (Å²) in [5, 5.41) is 7.27. The number of carbonyl (C=O) groups is 1. The number of aryl methyl sites for hydroxylation is 1. The lowest BCUT2D eigenvalue weighted by atomic mass is 10.1. The molecule has 0 aliphatic carbocycles. The third kappa shape index (κ3) is 3.88. The van der Waals surface area contributed by atoms with Crippen LogP contribution in [0.5, 0.6) is 0 Å². The van der Waals surface area contributed by atoms with Crippen LogP contribution in [0.2, 0.25) is 0 Å². The highest BCUT2D eigenvalue weighted by Crippen LogP contribution is 2.19. The number of hydrogen-bond acceptors (Lipinski definition) is 6. The molecule has 0 atom stereocenters.